The monoisotopic (exact) mass is 441 g/mol. The molecule has 33 heavy (non-hydrogen) atoms. The molecule has 0 unspecified atom stereocenters. The van der Waals surface area contributed by atoms with E-state index >= 15 is 0 Å². The molecular weight excluding hydrogens is 426 g/mol. The van der Waals surface area contributed by atoms with Crippen molar-refractivity contribution < 1.29 is 19.4 Å². The minimum atomic E-state index is -0.965. The van der Waals surface area contributed by atoms with Gasteiger partial charge in [0.1, 0.15) is 5.75 Å². The number of nitro benzene ring substituents is 2. The third kappa shape index (κ3) is 4.72. The van der Waals surface area contributed by atoms with Crippen molar-refractivity contribution in [1.82, 2.24) is 0 Å². The molecule has 0 aliphatic carbocycles. The van der Waals surface area contributed by atoms with Crippen molar-refractivity contribution in [3.63, 3.8) is 0 Å². The second-order valence-corrected chi connectivity index (χ2v) is 6.94. The van der Waals surface area contributed by atoms with Crippen LogP contribution in [-0.4, -0.2) is 22.0 Å². The number of esters is 1. The number of aliphatic imine (C=N–C) groups is 1. The Morgan fingerprint density at radius 1 is 0.818 bits per heavy atom. The normalized spacial score (nSPS) is 10.9. The van der Waals surface area contributed by atoms with Crippen LogP contribution in [0.4, 0.5) is 17.1 Å². The van der Waals surface area contributed by atoms with Gasteiger partial charge in [0.15, 0.2) is 0 Å². The van der Waals surface area contributed by atoms with Gasteiger partial charge in [-0.2, -0.15) is 0 Å². The Morgan fingerprint density at radius 2 is 1.45 bits per heavy atom. The molecule has 4 aromatic rings. The molecule has 0 fully saturated rings. The highest BCUT2D eigenvalue weighted by Gasteiger charge is 2.21. The standard InChI is InChI=1S/C24H15N3O6/c28-24(18-12-19(26(29)30)14-20(13-18)27(31)32)33-23-11-4-2-7-17(23)15-25-22-10-5-8-16-6-1-3-9-21(16)22/h1-15H. The Morgan fingerprint density at radius 3 is 2.18 bits per heavy atom. The maximum absolute atomic E-state index is 12.7. The molecule has 0 saturated carbocycles. The van der Waals surface area contributed by atoms with E-state index in [1.165, 1.54) is 6.07 Å². The highest BCUT2D eigenvalue weighted by molar-refractivity contribution is 5.97. The number of ether oxygens (including phenoxy) is 1. The van der Waals surface area contributed by atoms with E-state index in [0.717, 1.165) is 34.7 Å². The predicted octanol–water partition coefficient (Wildman–Crippen LogP) is 5.63. The number of nitro groups is 2. The number of nitrogens with zero attached hydrogens (tertiary/aromatic N) is 3. The Kier molecular flexibility index (Phi) is 5.85. The van der Waals surface area contributed by atoms with E-state index in [9.17, 15) is 25.0 Å². The van der Waals surface area contributed by atoms with Gasteiger partial charge in [0.25, 0.3) is 11.4 Å². The molecule has 0 atom stereocenters. The molecule has 9 heteroatoms. The van der Waals surface area contributed by atoms with E-state index < -0.39 is 27.2 Å². The van der Waals surface area contributed by atoms with E-state index in [4.69, 9.17) is 4.74 Å². The zero-order valence-corrected chi connectivity index (χ0v) is 17.0. The van der Waals surface area contributed by atoms with Gasteiger partial charge < -0.3 is 4.74 Å². The van der Waals surface area contributed by atoms with Crippen LogP contribution >= 0.6 is 0 Å². The molecule has 0 spiro atoms. The first kappa shape index (κ1) is 21.3. The maximum atomic E-state index is 12.7. The van der Waals surface area contributed by atoms with Crippen molar-refractivity contribution in [2.45, 2.75) is 0 Å². The first-order valence-corrected chi connectivity index (χ1v) is 9.69. The second kappa shape index (κ2) is 9.06. The Bertz CT molecular complexity index is 1390. The van der Waals surface area contributed by atoms with Crippen LogP contribution in [0.1, 0.15) is 15.9 Å². The summed E-state index contributed by atoms with van der Waals surface area (Å²) in [4.78, 5) is 37.7. The average molecular weight is 441 g/mol. The topological polar surface area (TPSA) is 125 Å². The number of benzene rings is 4. The fourth-order valence-corrected chi connectivity index (χ4v) is 3.22. The third-order valence-electron chi connectivity index (χ3n) is 4.79. The van der Waals surface area contributed by atoms with Gasteiger partial charge >= 0.3 is 5.97 Å². The second-order valence-electron chi connectivity index (χ2n) is 6.94. The average Bonchev–Trinajstić information content (AvgIpc) is 2.83. The Hall–Kier alpha value is -4.92. The lowest BCUT2D eigenvalue weighted by molar-refractivity contribution is -0.394. The highest BCUT2D eigenvalue weighted by Crippen LogP contribution is 2.27. The van der Waals surface area contributed by atoms with Crippen molar-refractivity contribution >= 4 is 40.0 Å². The highest BCUT2D eigenvalue weighted by atomic mass is 16.6. The van der Waals surface area contributed by atoms with E-state index in [1.54, 1.807) is 24.4 Å². The Labute approximate surface area is 186 Å². The lowest BCUT2D eigenvalue weighted by Crippen LogP contribution is -2.11. The van der Waals surface area contributed by atoms with Crippen LogP contribution in [0.5, 0.6) is 5.75 Å². The summed E-state index contributed by atoms with van der Waals surface area (Å²) in [7, 11) is 0. The van der Waals surface area contributed by atoms with Gasteiger partial charge in [-0.15, -0.1) is 0 Å². The molecule has 9 nitrogen and oxygen atoms in total. The number of hydrogen-bond donors (Lipinski definition) is 0. The Balaban J connectivity index is 1.65. The number of rotatable bonds is 6. The fraction of sp³-hybridized carbons (Fsp3) is 0. The van der Waals surface area contributed by atoms with Gasteiger partial charge in [-0.3, -0.25) is 25.2 Å². The van der Waals surface area contributed by atoms with Crippen LogP contribution in [-0.2, 0) is 0 Å². The van der Waals surface area contributed by atoms with Crippen LogP contribution in [0.2, 0.25) is 0 Å². The van der Waals surface area contributed by atoms with Gasteiger partial charge in [-0.25, -0.2) is 4.79 Å². The van der Waals surface area contributed by atoms with E-state index in [-0.39, 0.29) is 11.3 Å². The summed E-state index contributed by atoms with van der Waals surface area (Å²) in [5.41, 5.74) is -0.261. The smallest absolute Gasteiger partial charge is 0.344 e. The molecule has 0 aromatic heterocycles. The first-order chi connectivity index (χ1) is 15.9. The molecule has 0 bridgehead atoms. The molecule has 0 aliphatic heterocycles. The summed E-state index contributed by atoms with van der Waals surface area (Å²) >= 11 is 0. The van der Waals surface area contributed by atoms with E-state index in [0.29, 0.717) is 5.56 Å². The quantitative estimate of drug-likeness (QED) is 0.126. The van der Waals surface area contributed by atoms with Crippen LogP contribution in [0, 0.1) is 20.2 Å². The van der Waals surface area contributed by atoms with Crippen molar-refractivity contribution in [2.24, 2.45) is 4.99 Å². The van der Waals surface area contributed by atoms with E-state index in [2.05, 4.69) is 4.99 Å². The minimum absolute atomic E-state index is 0.153. The molecule has 0 saturated heterocycles. The lowest BCUT2D eigenvalue weighted by Gasteiger charge is -2.08. The SMILES string of the molecule is O=C(Oc1ccccc1C=Nc1cccc2ccccc12)c1cc([N+](=O)[O-])cc([N+](=O)[O-])c1. The van der Waals surface area contributed by atoms with E-state index in [1.807, 2.05) is 42.5 Å². The zero-order valence-electron chi connectivity index (χ0n) is 17.0. The predicted molar refractivity (Wildman–Crippen MR) is 122 cm³/mol. The zero-order chi connectivity index (χ0) is 23.4. The van der Waals surface area contributed by atoms with Gasteiger partial charge in [0, 0.05) is 29.3 Å². The number of carbonyl (C=O) groups is 1. The molecule has 162 valence electrons. The number of fused-ring (bicyclic) bond motifs is 1. The van der Waals surface area contributed by atoms with Gasteiger partial charge in [-0.05, 0) is 23.6 Å². The van der Waals surface area contributed by atoms with Crippen LogP contribution < -0.4 is 4.74 Å². The first-order valence-electron chi connectivity index (χ1n) is 9.69. The number of non-ortho nitro benzene ring substituents is 2. The molecule has 0 aliphatic rings. The minimum Gasteiger partial charge on any atom is -0.422 e. The fourth-order valence-electron chi connectivity index (χ4n) is 3.22. The van der Waals surface area contributed by atoms with Crippen LogP contribution in [0.3, 0.4) is 0 Å². The summed E-state index contributed by atoms with van der Waals surface area (Å²) in [5.74, 6) is -0.812. The molecule has 0 amide bonds. The molecule has 0 radical (unpaired) electrons. The van der Waals surface area contributed by atoms with Gasteiger partial charge in [-0.1, -0.05) is 48.5 Å². The third-order valence-corrected chi connectivity index (χ3v) is 4.79. The largest absolute Gasteiger partial charge is 0.422 e. The van der Waals surface area contributed by atoms with Crippen molar-refractivity contribution in [1.29, 1.82) is 0 Å². The van der Waals surface area contributed by atoms with Crippen molar-refractivity contribution in [3.8, 4) is 5.75 Å². The van der Waals surface area contributed by atoms with Crippen LogP contribution in [0.15, 0.2) is 89.9 Å². The van der Waals surface area contributed by atoms with Gasteiger partial charge in [0.2, 0.25) is 0 Å². The van der Waals surface area contributed by atoms with Crippen molar-refractivity contribution in [2.75, 3.05) is 0 Å². The maximum Gasteiger partial charge on any atom is 0.344 e. The summed E-state index contributed by atoms with van der Waals surface area (Å²) in [5, 5.41) is 24.2. The summed E-state index contributed by atoms with van der Waals surface area (Å²) in [6, 6.07) is 22.7. The summed E-state index contributed by atoms with van der Waals surface area (Å²) in [6.45, 7) is 0. The molecule has 4 rings (SSSR count). The molecule has 0 N–H and O–H groups in total. The number of hydrogen-bond acceptors (Lipinski definition) is 7. The van der Waals surface area contributed by atoms with Gasteiger partial charge in [0.05, 0.1) is 27.2 Å². The lowest BCUT2D eigenvalue weighted by atomic mass is 10.1. The van der Waals surface area contributed by atoms with Crippen LogP contribution in [0.25, 0.3) is 10.8 Å². The summed E-state index contributed by atoms with van der Waals surface area (Å²) in [6.07, 6.45) is 1.54. The molecule has 4 aromatic carbocycles. The number of carbonyl (C=O) groups excluding carboxylic acids is 1. The summed E-state index contributed by atoms with van der Waals surface area (Å²) < 4.78 is 5.40. The molecular formula is C24H15N3O6. The number of para-hydroxylation sites is 1. The molecule has 0 heterocycles. The van der Waals surface area contributed by atoms with Crippen molar-refractivity contribution in [3.05, 3.63) is 116 Å².